The highest BCUT2D eigenvalue weighted by molar-refractivity contribution is 7.90. The molecule has 0 radical (unpaired) electrons. The highest BCUT2D eigenvalue weighted by Gasteiger charge is 2.27. The van der Waals surface area contributed by atoms with E-state index < -0.39 is 16.0 Å². The fourth-order valence-electron chi connectivity index (χ4n) is 1.79. The van der Waals surface area contributed by atoms with Crippen molar-refractivity contribution in [1.82, 2.24) is 4.90 Å². The second kappa shape index (κ2) is 5.60. The van der Waals surface area contributed by atoms with Gasteiger partial charge in [0.2, 0.25) is 5.96 Å². The predicted octanol–water partition coefficient (Wildman–Crippen LogP) is 0.572. The van der Waals surface area contributed by atoms with Crippen molar-refractivity contribution < 1.29 is 23.1 Å². The van der Waals surface area contributed by atoms with Gasteiger partial charge in [0.1, 0.15) is 10.6 Å². The Bertz CT molecular complexity index is 699. The molecule has 0 saturated carbocycles. The molecule has 8 nitrogen and oxygen atoms in total. The van der Waals surface area contributed by atoms with E-state index >= 15 is 0 Å². The zero-order valence-corrected chi connectivity index (χ0v) is 12.3. The first-order valence-corrected chi connectivity index (χ1v) is 7.50. The highest BCUT2D eigenvalue weighted by Crippen LogP contribution is 2.31. The maximum Gasteiger partial charge on any atom is 0.305 e. The molecule has 114 valence electrons. The Morgan fingerprint density at radius 1 is 1.48 bits per heavy atom. The maximum atomic E-state index is 12.2. The van der Waals surface area contributed by atoms with Gasteiger partial charge in [-0.25, -0.2) is 0 Å². The minimum absolute atomic E-state index is 0.0252. The van der Waals surface area contributed by atoms with Gasteiger partial charge in [-0.05, 0) is 12.1 Å². The van der Waals surface area contributed by atoms with E-state index in [9.17, 15) is 13.2 Å². The van der Waals surface area contributed by atoms with Crippen molar-refractivity contribution >= 4 is 27.6 Å². The summed E-state index contributed by atoms with van der Waals surface area (Å²) < 4.78 is 33.0. The van der Waals surface area contributed by atoms with Crippen molar-refractivity contribution in [3.63, 3.8) is 0 Å². The van der Waals surface area contributed by atoms with Gasteiger partial charge in [-0.1, -0.05) is 0 Å². The molecule has 0 spiro atoms. The first-order chi connectivity index (χ1) is 9.83. The molecule has 0 bridgehead atoms. The van der Waals surface area contributed by atoms with Crippen LogP contribution in [0.2, 0.25) is 0 Å². The van der Waals surface area contributed by atoms with E-state index in [0.717, 1.165) is 0 Å². The van der Waals surface area contributed by atoms with Crippen LogP contribution < -0.4 is 10.1 Å². The van der Waals surface area contributed by atoms with Gasteiger partial charge in [-0.2, -0.15) is 8.42 Å². The summed E-state index contributed by atoms with van der Waals surface area (Å²) in [6.07, 6.45) is -0.118. The molecule has 0 amide bonds. The van der Waals surface area contributed by atoms with Crippen LogP contribution in [-0.4, -0.2) is 51.1 Å². The Labute approximate surface area is 122 Å². The van der Waals surface area contributed by atoms with Crippen LogP contribution in [-0.2, 0) is 14.8 Å². The van der Waals surface area contributed by atoms with Gasteiger partial charge in [0.15, 0.2) is 0 Å². The number of anilines is 1. The number of guanidine groups is 1. The Hall–Kier alpha value is -2.29. The standard InChI is InChI=1S/C12H15N3O5S/c1-15(6-5-11(16)17)12-13-9-4-3-8(20-2)7-10(9)21(18,19)14-12/h3-4,7H,5-6H2,1-2H3,(H,13,14)(H,16,17). The molecule has 0 saturated heterocycles. The number of aliphatic carboxylic acids is 1. The molecule has 1 aromatic carbocycles. The Morgan fingerprint density at radius 2 is 2.19 bits per heavy atom. The van der Waals surface area contributed by atoms with Crippen LogP contribution in [0.3, 0.4) is 0 Å². The minimum Gasteiger partial charge on any atom is -0.497 e. The van der Waals surface area contributed by atoms with Crippen LogP contribution in [0.25, 0.3) is 0 Å². The molecule has 2 rings (SSSR count). The molecule has 0 atom stereocenters. The monoisotopic (exact) mass is 313 g/mol. The molecular formula is C12H15N3O5S. The van der Waals surface area contributed by atoms with E-state index in [2.05, 4.69) is 9.71 Å². The molecule has 1 aliphatic rings. The number of nitrogens with zero attached hydrogens (tertiary/aromatic N) is 2. The largest absolute Gasteiger partial charge is 0.497 e. The SMILES string of the molecule is COc1ccc2c(c1)S(=O)(=O)N=C(N(C)CCC(=O)O)N2. The number of benzene rings is 1. The van der Waals surface area contributed by atoms with Crippen LogP contribution in [0.15, 0.2) is 27.5 Å². The van der Waals surface area contributed by atoms with E-state index in [1.807, 2.05) is 0 Å². The number of fused-ring (bicyclic) bond motifs is 1. The van der Waals surface area contributed by atoms with Gasteiger partial charge in [0.25, 0.3) is 10.0 Å². The van der Waals surface area contributed by atoms with Gasteiger partial charge in [0, 0.05) is 19.7 Å². The molecule has 1 aliphatic heterocycles. The average Bonchev–Trinajstić information content (AvgIpc) is 2.43. The van der Waals surface area contributed by atoms with Crippen LogP contribution in [0, 0.1) is 0 Å². The summed E-state index contributed by atoms with van der Waals surface area (Å²) in [7, 11) is -0.839. The number of carboxylic acids is 1. The lowest BCUT2D eigenvalue weighted by Gasteiger charge is -2.25. The minimum atomic E-state index is -3.85. The van der Waals surface area contributed by atoms with E-state index in [4.69, 9.17) is 9.84 Å². The molecule has 0 unspecified atom stereocenters. The topological polar surface area (TPSA) is 108 Å². The smallest absolute Gasteiger partial charge is 0.305 e. The maximum absolute atomic E-state index is 12.2. The van der Waals surface area contributed by atoms with Crippen LogP contribution in [0.5, 0.6) is 5.75 Å². The number of rotatable bonds is 4. The molecule has 0 aromatic heterocycles. The van der Waals surface area contributed by atoms with Gasteiger partial charge in [-0.3, -0.25) is 4.79 Å². The normalized spacial score (nSPS) is 15.4. The number of sulfonamides is 1. The van der Waals surface area contributed by atoms with Crippen LogP contribution >= 0.6 is 0 Å². The van der Waals surface area contributed by atoms with Crippen molar-refractivity contribution in [1.29, 1.82) is 0 Å². The number of nitrogens with one attached hydrogen (secondary N) is 1. The lowest BCUT2D eigenvalue weighted by atomic mass is 10.3. The quantitative estimate of drug-likeness (QED) is 0.836. The number of hydrogen-bond donors (Lipinski definition) is 2. The summed E-state index contributed by atoms with van der Waals surface area (Å²) in [5, 5.41) is 11.5. The Kier molecular flexibility index (Phi) is 4.03. The summed E-state index contributed by atoms with van der Waals surface area (Å²) in [5.41, 5.74) is 0.378. The van der Waals surface area contributed by atoms with Crippen molar-refractivity contribution in [3.8, 4) is 5.75 Å². The van der Waals surface area contributed by atoms with Crippen LogP contribution in [0.4, 0.5) is 5.69 Å². The number of methoxy groups -OCH3 is 1. The van der Waals surface area contributed by atoms with Gasteiger partial charge in [0.05, 0.1) is 19.2 Å². The number of ether oxygens (including phenoxy) is 1. The second-order valence-corrected chi connectivity index (χ2v) is 6.01. The third-order valence-electron chi connectivity index (χ3n) is 2.94. The number of hydrogen-bond acceptors (Lipinski definition) is 6. The Balaban J connectivity index is 2.31. The third-order valence-corrected chi connectivity index (χ3v) is 4.25. The second-order valence-electron chi connectivity index (χ2n) is 4.44. The van der Waals surface area contributed by atoms with Gasteiger partial charge >= 0.3 is 5.97 Å². The molecule has 21 heavy (non-hydrogen) atoms. The predicted molar refractivity (Wildman–Crippen MR) is 76.1 cm³/mol. The summed E-state index contributed by atoms with van der Waals surface area (Å²) >= 11 is 0. The molecule has 2 N–H and O–H groups in total. The lowest BCUT2D eigenvalue weighted by Crippen LogP contribution is -2.37. The van der Waals surface area contributed by atoms with Crippen molar-refractivity contribution in [2.75, 3.05) is 26.0 Å². The fourth-order valence-corrected chi connectivity index (χ4v) is 2.96. The zero-order chi connectivity index (χ0) is 15.6. The molecule has 9 heteroatoms. The number of carboxylic acid groups (broad SMARTS) is 1. The summed E-state index contributed by atoms with van der Waals surface area (Å²) in [4.78, 5) is 12.0. The summed E-state index contributed by atoms with van der Waals surface area (Å²) in [6, 6.07) is 4.59. The molecular weight excluding hydrogens is 298 g/mol. The average molecular weight is 313 g/mol. The molecule has 1 aromatic rings. The molecule has 0 aliphatic carbocycles. The summed E-state index contributed by atoms with van der Waals surface area (Å²) in [6.45, 7) is 0.141. The van der Waals surface area contributed by atoms with Gasteiger partial charge in [-0.15, -0.1) is 4.40 Å². The number of carbonyl (C=O) groups is 1. The first-order valence-electron chi connectivity index (χ1n) is 6.06. The van der Waals surface area contributed by atoms with E-state index in [1.165, 1.54) is 18.1 Å². The van der Waals surface area contributed by atoms with Gasteiger partial charge < -0.3 is 20.1 Å². The third kappa shape index (κ3) is 3.24. The van der Waals surface area contributed by atoms with E-state index in [0.29, 0.717) is 11.4 Å². The molecule has 1 heterocycles. The van der Waals surface area contributed by atoms with E-state index in [1.54, 1.807) is 19.2 Å². The first kappa shape index (κ1) is 15.1. The fraction of sp³-hybridized carbons (Fsp3) is 0.333. The van der Waals surface area contributed by atoms with Crippen molar-refractivity contribution in [3.05, 3.63) is 18.2 Å². The zero-order valence-electron chi connectivity index (χ0n) is 11.5. The molecule has 0 fully saturated rings. The lowest BCUT2D eigenvalue weighted by molar-refractivity contribution is -0.137. The van der Waals surface area contributed by atoms with E-state index in [-0.39, 0.29) is 23.8 Å². The highest BCUT2D eigenvalue weighted by atomic mass is 32.2. The van der Waals surface area contributed by atoms with Crippen molar-refractivity contribution in [2.24, 2.45) is 4.40 Å². The van der Waals surface area contributed by atoms with Crippen molar-refractivity contribution in [2.45, 2.75) is 11.3 Å². The Morgan fingerprint density at radius 3 is 2.81 bits per heavy atom. The van der Waals surface area contributed by atoms with Crippen LogP contribution in [0.1, 0.15) is 6.42 Å². The summed E-state index contributed by atoms with van der Waals surface area (Å²) in [5.74, 6) is -0.461.